The molecule has 0 aliphatic carbocycles. The van der Waals surface area contributed by atoms with E-state index >= 15 is 0 Å². The Kier molecular flexibility index (Phi) is 3.86. The Hall–Kier alpha value is -2.33. The molecule has 0 saturated heterocycles. The van der Waals surface area contributed by atoms with Crippen molar-refractivity contribution in [1.29, 1.82) is 0 Å². The molecule has 1 amide bonds. The van der Waals surface area contributed by atoms with Crippen molar-refractivity contribution in [2.75, 3.05) is 5.32 Å². The van der Waals surface area contributed by atoms with Gasteiger partial charge in [-0.1, -0.05) is 41.4 Å². The second kappa shape index (κ2) is 5.81. The van der Waals surface area contributed by atoms with Gasteiger partial charge >= 0.3 is 0 Å². The first-order valence-electron chi connectivity index (χ1n) is 6.82. The average molecular weight is 312 g/mol. The smallest absolute Gasteiger partial charge is 0.257 e. The summed E-state index contributed by atoms with van der Waals surface area (Å²) >= 11 is 6.13. The van der Waals surface area contributed by atoms with Gasteiger partial charge in [0.2, 0.25) is 6.67 Å². The lowest BCUT2D eigenvalue weighted by Crippen LogP contribution is -2.21. The van der Waals surface area contributed by atoms with Crippen LogP contribution in [0.1, 0.15) is 27.0 Å². The molecule has 2 N–H and O–H groups in total. The summed E-state index contributed by atoms with van der Waals surface area (Å²) in [6, 6.07) is 11.3. The maximum atomic E-state index is 11.9. The second-order valence-corrected chi connectivity index (χ2v) is 5.54. The highest BCUT2D eigenvalue weighted by molar-refractivity contribution is 6.33. The van der Waals surface area contributed by atoms with Crippen LogP contribution in [0.25, 0.3) is 0 Å². The summed E-state index contributed by atoms with van der Waals surface area (Å²) in [6.07, 6.45) is 0. The molecule has 5 heteroatoms. The average Bonchev–Trinajstić information content (AvgIpc) is 2.78. The number of amides is 1. The van der Waals surface area contributed by atoms with E-state index in [4.69, 9.17) is 11.6 Å². The van der Waals surface area contributed by atoms with Crippen LogP contribution in [-0.4, -0.2) is 11.7 Å². The minimum Gasteiger partial charge on any atom is -0.352 e. The number of hydrogen-bond acceptors (Lipinski definition) is 3. The van der Waals surface area contributed by atoms with Crippen molar-refractivity contribution >= 4 is 29.0 Å². The maximum Gasteiger partial charge on any atom is 0.257 e. The zero-order valence-electron chi connectivity index (χ0n) is 12.2. The molecule has 0 saturated carbocycles. The summed E-state index contributed by atoms with van der Waals surface area (Å²) in [5, 5.41) is 6.28. The lowest BCUT2D eigenvalue weighted by Gasteiger charge is -2.08. The Morgan fingerprint density at radius 1 is 1.18 bits per heavy atom. The number of nitrogens with zero attached hydrogens (tertiary/aromatic N) is 1. The highest BCUT2D eigenvalue weighted by atomic mass is 35.5. The lowest BCUT2D eigenvalue weighted by atomic mass is 10.1. The predicted octanol–water partition coefficient (Wildman–Crippen LogP) is 3.56. The molecule has 110 valence electrons. The van der Waals surface area contributed by atoms with Crippen LogP contribution >= 0.6 is 11.6 Å². The number of anilines is 1. The Bertz CT molecular complexity index is 763. The third-order valence-corrected chi connectivity index (χ3v) is 3.79. The lowest BCUT2D eigenvalue weighted by molar-refractivity contribution is 0.0983. The molecule has 3 rings (SSSR count). The van der Waals surface area contributed by atoms with Crippen LogP contribution in [0.5, 0.6) is 0 Å². The van der Waals surface area contributed by atoms with Crippen LogP contribution in [0.3, 0.4) is 0 Å². The molecule has 0 atom stereocenters. The van der Waals surface area contributed by atoms with E-state index in [9.17, 15) is 4.79 Å². The normalized spacial score (nSPS) is 14.9. The number of aryl methyl sites for hydroxylation is 2. The molecule has 22 heavy (non-hydrogen) atoms. The van der Waals surface area contributed by atoms with Gasteiger partial charge in [-0.15, -0.1) is 0 Å². The van der Waals surface area contributed by atoms with E-state index in [-0.39, 0.29) is 5.91 Å². The van der Waals surface area contributed by atoms with Crippen molar-refractivity contribution in [2.24, 2.45) is 4.99 Å². The predicted molar refractivity (Wildman–Crippen MR) is 88.2 cm³/mol. The summed E-state index contributed by atoms with van der Waals surface area (Å²) < 4.78 is 0. The zero-order chi connectivity index (χ0) is 15.7. The number of rotatable bonds is 3. The number of para-hydroxylation sites is 1. The van der Waals surface area contributed by atoms with E-state index in [0.29, 0.717) is 16.4 Å². The largest absolute Gasteiger partial charge is 0.352 e. The van der Waals surface area contributed by atoms with Crippen LogP contribution in [0.2, 0.25) is 5.02 Å². The monoisotopic (exact) mass is 311 g/mol. The molecule has 0 fully saturated rings. The molecular formula is C17H14ClN3O. The Labute approximate surface area is 134 Å². The highest BCUT2D eigenvalue weighted by Gasteiger charge is 2.24. The van der Waals surface area contributed by atoms with Gasteiger partial charge in [0.05, 0.1) is 16.3 Å². The van der Waals surface area contributed by atoms with Crippen LogP contribution in [0, 0.1) is 20.5 Å². The first-order valence-corrected chi connectivity index (χ1v) is 7.20. The highest BCUT2D eigenvalue weighted by Crippen LogP contribution is 2.25. The van der Waals surface area contributed by atoms with Crippen molar-refractivity contribution in [3.63, 3.8) is 0 Å². The van der Waals surface area contributed by atoms with Crippen molar-refractivity contribution in [2.45, 2.75) is 13.8 Å². The number of halogens is 1. The van der Waals surface area contributed by atoms with Gasteiger partial charge in [0.15, 0.2) is 0 Å². The molecule has 0 bridgehead atoms. The topological polar surface area (TPSA) is 53.5 Å². The van der Waals surface area contributed by atoms with Gasteiger partial charge in [-0.2, -0.15) is 0 Å². The molecule has 1 aliphatic rings. The first kappa shape index (κ1) is 14.6. The van der Waals surface area contributed by atoms with Crippen molar-refractivity contribution in [3.05, 3.63) is 70.3 Å². The maximum absolute atomic E-state index is 11.9. The zero-order valence-corrected chi connectivity index (χ0v) is 13.0. The third-order valence-electron chi connectivity index (χ3n) is 3.48. The summed E-state index contributed by atoms with van der Waals surface area (Å²) in [5.74, 6) is 0.338. The summed E-state index contributed by atoms with van der Waals surface area (Å²) in [4.78, 5) is 16.1. The molecular weight excluding hydrogens is 298 g/mol. The quantitative estimate of drug-likeness (QED) is 0.852. The molecule has 0 spiro atoms. The SMILES string of the molecule is Cc1ccc2c(c1)C(=O)N/C2=N/[C]Nc1c(C)cccc1Cl. The fraction of sp³-hybridized carbons (Fsp3) is 0.118. The van der Waals surface area contributed by atoms with Gasteiger partial charge in [-0.25, -0.2) is 4.99 Å². The van der Waals surface area contributed by atoms with Crippen molar-refractivity contribution < 1.29 is 4.79 Å². The van der Waals surface area contributed by atoms with Crippen molar-refractivity contribution in [1.82, 2.24) is 5.32 Å². The number of carbonyl (C=O) groups excluding carboxylic acids is 1. The molecule has 0 aromatic heterocycles. The number of benzene rings is 2. The first-order chi connectivity index (χ1) is 10.6. The summed E-state index contributed by atoms with van der Waals surface area (Å²) in [5.41, 5.74) is 4.19. The molecule has 2 aromatic rings. The van der Waals surface area contributed by atoms with Gasteiger partial charge in [-0.3, -0.25) is 4.79 Å². The van der Waals surface area contributed by atoms with E-state index in [1.54, 1.807) is 6.07 Å². The number of fused-ring (bicyclic) bond motifs is 1. The summed E-state index contributed by atoms with van der Waals surface area (Å²) in [6.45, 7) is 6.63. The van der Waals surface area contributed by atoms with Crippen LogP contribution in [0.15, 0.2) is 41.4 Å². The number of aliphatic imine (C=N–C) groups is 1. The fourth-order valence-corrected chi connectivity index (χ4v) is 2.58. The molecule has 2 radical (unpaired) electrons. The second-order valence-electron chi connectivity index (χ2n) is 5.13. The van der Waals surface area contributed by atoms with E-state index in [0.717, 1.165) is 22.4 Å². The Morgan fingerprint density at radius 2 is 2.00 bits per heavy atom. The number of carbonyl (C=O) groups is 1. The Morgan fingerprint density at radius 3 is 2.77 bits per heavy atom. The minimum atomic E-state index is -0.145. The fourth-order valence-electron chi connectivity index (χ4n) is 2.31. The third kappa shape index (κ3) is 2.70. The van der Waals surface area contributed by atoms with E-state index in [2.05, 4.69) is 22.3 Å². The van der Waals surface area contributed by atoms with Crippen LogP contribution < -0.4 is 10.6 Å². The number of hydrogen-bond donors (Lipinski definition) is 2. The van der Waals surface area contributed by atoms with Gasteiger partial charge in [0.25, 0.3) is 5.91 Å². The standard InChI is InChI=1S/C17H14ClN3O/c1-10-6-7-12-13(8-10)17(22)21-16(12)20-9-19-15-11(2)4-3-5-14(15)18/h3-8,19H,1-2H3,(H,20,21,22). The van der Waals surface area contributed by atoms with E-state index in [1.165, 1.54) is 0 Å². The molecule has 4 nitrogen and oxygen atoms in total. The van der Waals surface area contributed by atoms with E-state index < -0.39 is 0 Å². The molecule has 0 unspecified atom stereocenters. The van der Waals surface area contributed by atoms with Crippen molar-refractivity contribution in [3.8, 4) is 0 Å². The minimum absolute atomic E-state index is 0.145. The van der Waals surface area contributed by atoms with Gasteiger partial charge < -0.3 is 10.6 Å². The van der Waals surface area contributed by atoms with Crippen LogP contribution in [0.4, 0.5) is 5.69 Å². The van der Waals surface area contributed by atoms with E-state index in [1.807, 2.05) is 44.2 Å². The number of nitrogens with one attached hydrogen (secondary N) is 2. The number of amidine groups is 1. The van der Waals surface area contributed by atoms with Gasteiger partial charge in [-0.05, 0) is 31.5 Å². The Balaban J connectivity index is 1.80. The molecule has 2 aromatic carbocycles. The molecule has 1 aliphatic heterocycles. The molecule has 1 heterocycles. The summed E-state index contributed by atoms with van der Waals surface area (Å²) in [7, 11) is 0. The van der Waals surface area contributed by atoms with Gasteiger partial charge in [0, 0.05) is 5.56 Å². The van der Waals surface area contributed by atoms with Gasteiger partial charge in [0.1, 0.15) is 5.84 Å². The van der Waals surface area contributed by atoms with Crippen LogP contribution in [-0.2, 0) is 0 Å².